The molecule has 6 rings (SSSR count). The van der Waals surface area contributed by atoms with Crippen molar-refractivity contribution in [3.05, 3.63) is 89.1 Å². The van der Waals surface area contributed by atoms with Crippen LogP contribution >= 0.6 is 11.6 Å². The Hall–Kier alpha value is -4.01. The maximum absolute atomic E-state index is 14.8. The van der Waals surface area contributed by atoms with E-state index < -0.39 is 0 Å². The second-order valence-corrected chi connectivity index (χ2v) is 9.09. The summed E-state index contributed by atoms with van der Waals surface area (Å²) in [6.07, 6.45) is 2.50. The van der Waals surface area contributed by atoms with Gasteiger partial charge < -0.3 is 20.5 Å². The summed E-state index contributed by atoms with van der Waals surface area (Å²) in [6, 6.07) is 18.3. The number of H-pyrrole nitrogens is 1. The van der Waals surface area contributed by atoms with E-state index in [4.69, 9.17) is 16.6 Å². The van der Waals surface area contributed by atoms with Crippen molar-refractivity contribution in [3.8, 4) is 11.3 Å². The van der Waals surface area contributed by atoms with E-state index in [1.807, 2.05) is 60.6 Å². The first kappa shape index (κ1) is 22.5. The van der Waals surface area contributed by atoms with Gasteiger partial charge >= 0.3 is 0 Å². The van der Waals surface area contributed by atoms with Crippen LogP contribution in [0.1, 0.15) is 11.4 Å². The Balaban J connectivity index is 1.38. The maximum atomic E-state index is 14.8. The largest absolute Gasteiger partial charge is 0.341 e. The number of halogens is 2. The van der Waals surface area contributed by atoms with E-state index in [1.54, 1.807) is 12.1 Å². The first-order chi connectivity index (χ1) is 17.6. The summed E-state index contributed by atoms with van der Waals surface area (Å²) < 4.78 is 14.8. The Morgan fingerprint density at radius 3 is 2.81 bits per heavy atom. The SMILES string of the molecule is CNCc1nc2ccc(Nc3ncc4c(n3)-c3ccc(Cl)cc3N(c3ccccc3F)CC4)cc2[nH]1. The highest BCUT2D eigenvalue weighted by molar-refractivity contribution is 6.31. The minimum absolute atomic E-state index is 0.283. The third-order valence-electron chi connectivity index (χ3n) is 6.25. The van der Waals surface area contributed by atoms with Crippen LogP contribution in [0.2, 0.25) is 5.02 Å². The number of imidazole rings is 1. The van der Waals surface area contributed by atoms with Gasteiger partial charge in [-0.3, -0.25) is 0 Å². The third-order valence-corrected chi connectivity index (χ3v) is 6.48. The fourth-order valence-electron chi connectivity index (χ4n) is 4.61. The number of hydrogen-bond donors (Lipinski definition) is 3. The lowest BCUT2D eigenvalue weighted by molar-refractivity contribution is 0.625. The van der Waals surface area contributed by atoms with E-state index in [2.05, 4.69) is 25.6 Å². The Morgan fingerprint density at radius 1 is 1.06 bits per heavy atom. The van der Waals surface area contributed by atoms with E-state index in [9.17, 15) is 4.39 Å². The number of anilines is 4. The molecule has 0 fully saturated rings. The lowest BCUT2D eigenvalue weighted by Gasteiger charge is -2.25. The van der Waals surface area contributed by atoms with Gasteiger partial charge in [0.2, 0.25) is 5.95 Å². The minimum atomic E-state index is -0.283. The van der Waals surface area contributed by atoms with Crippen LogP contribution in [0.15, 0.2) is 66.9 Å². The molecular formula is C27H23ClFN7. The average molecular weight is 500 g/mol. The Morgan fingerprint density at radius 2 is 1.94 bits per heavy atom. The molecule has 7 nitrogen and oxygen atoms in total. The first-order valence-corrected chi connectivity index (χ1v) is 12.0. The zero-order valence-corrected chi connectivity index (χ0v) is 20.3. The smallest absolute Gasteiger partial charge is 0.227 e. The van der Waals surface area contributed by atoms with Gasteiger partial charge in [0.25, 0.3) is 0 Å². The van der Waals surface area contributed by atoms with E-state index in [0.717, 1.165) is 45.1 Å². The maximum Gasteiger partial charge on any atom is 0.227 e. The molecule has 9 heteroatoms. The highest BCUT2D eigenvalue weighted by atomic mass is 35.5. The summed E-state index contributed by atoms with van der Waals surface area (Å²) in [7, 11) is 1.89. The van der Waals surface area contributed by atoms with E-state index in [0.29, 0.717) is 36.2 Å². The summed E-state index contributed by atoms with van der Waals surface area (Å²) in [5, 5.41) is 7.00. The highest BCUT2D eigenvalue weighted by Gasteiger charge is 2.24. The van der Waals surface area contributed by atoms with Gasteiger partial charge in [-0.25, -0.2) is 19.3 Å². The number of nitrogens with zero attached hydrogens (tertiary/aromatic N) is 4. The summed E-state index contributed by atoms with van der Waals surface area (Å²) in [5.74, 6) is 1.07. The van der Waals surface area contributed by atoms with Gasteiger partial charge in [-0.05, 0) is 67.6 Å². The van der Waals surface area contributed by atoms with Crippen molar-refractivity contribution in [2.75, 3.05) is 23.8 Å². The van der Waals surface area contributed by atoms with Crippen molar-refractivity contribution >= 4 is 45.6 Å². The van der Waals surface area contributed by atoms with Crippen LogP contribution in [0.3, 0.4) is 0 Å². The van der Waals surface area contributed by atoms with E-state index >= 15 is 0 Å². The fourth-order valence-corrected chi connectivity index (χ4v) is 4.77. The monoisotopic (exact) mass is 499 g/mol. The molecular weight excluding hydrogens is 477 g/mol. The van der Waals surface area contributed by atoms with Gasteiger partial charge in [0.05, 0.1) is 34.6 Å². The summed E-state index contributed by atoms with van der Waals surface area (Å²) in [5.41, 5.74) is 6.66. The van der Waals surface area contributed by atoms with Crippen LogP contribution in [0.4, 0.5) is 27.4 Å². The molecule has 0 saturated heterocycles. The molecule has 3 aromatic carbocycles. The topological polar surface area (TPSA) is 81.8 Å². The number of hydrogen-bond acceptors (Lipinski definition) is 6. The van der Waals surface area contributed by atoms with E-state index in [-0.39, 0.29) is 5.82 Å². The predicted octanol–water partition coefficient (Wildman–Crippen LogP) is 5.97. The molecule has 1 aliphatic heterocycles. The van der Waals surface area contributed by atoms with Gasteiger partial charge in [0, 0.05) is 29.0 Å². The lowest BCUT2D eigenvalue weighted by atomic mass is 10.0. The number of fused-ring (bicyclic) bond motifs is 4. The zero-order valence-electron chi connectivity index (χ0n) is 19.5. The fraction of sp³-hybridized carbons (Fsp3) is 0.148. The summed E-state index contributed by atoms with van der Waals surface area (Å²) in [4.78, 5) is 19.3. The zero-order chi connectivity index (χ0) is 24.6. The first-order valence-electron chi connectivity index (χ1n) is 11.7. The van der Waals surface area contributed by atoms with Crippen LogP contribution in [-0.4, -0.2) is 33.5 Å². The molecule has 2 aromatic heterocycles. The molecule has 0 atom stereocenters. The molecule has 1 aliphatic rings. The van der Waals surface area contributed by atoms with E-state index in [1.165, 1.54) is 6.07 Å². The highest BCUT2D eigenvalue weighted by Crippen LogP contribution is 2.41. The normalized spacial score (nSPS) is 12.8. The number of nitrogens with one attached hydrogen (secondary N) is 3. The number of rotatable bonds is 5. The molecule has 180 valence electrons. The molecule has 0 saturated carbocycles. The van der Waals surface area contributed by atoms with Crippen molar-refractivity contribution in [1.29, 1.82) is 0 Å². The molecule has 5 aromatic rings. The van der Waals surface area contributed by atoms with Gasteiger partial charge in [-0.2, -0.15) is 0 Å². The van der Waals surface area contributed by atoms with Gasteiger partial charge in [-0.1, -0.05) is 23.7 Å². The average Bonchev–Trinajstić information content (AvgIpc) is 3.20. The molecule has 0 bridgehead atoms. The van der Waals surface area contributed by atoms with Gasteiger partial charge in [-0.15, -0.1) is 0 Å². The van der Waals surface area contributed by atoms with Crippen LogP contribution in [-0.2, 0) is 13.0 Å². The molecule has 0 amide bonds. The van der Waals surface area contributed by atoms with Crippen molar-refractivity contribution in [3.63, 3.8) is 0 Å². The van der Waals surface area contributed by atoms with Gasteiger partial charge in [0.15, 0.2) is 0 Å². The molecule has 0 aliphatic carbocycles. The standard InChI is InChI=1S/C27H23ClFN7/c1-30-15-25-33-21-9-7-18(13-22(21)34-25)32-27-31-14-16-10-11-36(23-5-3-2-4-20(23)29)24-12-17(28)6-8-19(24)26(16)35-27/h2-9,12-14,30H,10-11,15H2,1H3,(H,33,34)(H,31,32,35). The summed E-state index contributed by atoms with van der Waals surface area (Å²) >= 11 is 6.38. The number of aromatic nitrogens is 4. The van der Waals surface area contributed by atoms with Gasteiger partial charge in [0.1, 0.15) is 11.6 Å². The second-order valence-electron chi connectivity index (χ2n) is 8.65. The summed E-state index contributed by atoms with van der Waals surface area (Å²) in [6.45, 7) is 1.24. The molecule has 36 heavy (non-hydrogen) atoms. The molecule has 3 heterocycles. The van der Waals surface area contributed by atoms with Crippen molar-refractivity contribution < 1.29 is 4.39 Å². The van der Waals surface area contributed by atoms with Crippen LogP contribution in [0.25, 0.3) is 22.3 Å². The number of aromatic amines is 1. The lowest BCUT2D eigenvalue weighted by Crippen LogP contribution is -2.20. The van der Waals surface area contributed by atoms with Crippen LogP contribution in [0.5, 0.6) is 0 Å². The number of para-hydroxylation sites is 1. The Labute approximate surface area is 212 Å². The van der Waals surface area contributed by atoms with Crippen molar-refractivity contribution in [1.82, 2.24) is 25.3 Å². The molecule has 0 spiro atoms. The Kier molecular flexibility index (Phi) is 5.75. The van der Waals surface area contributed by atoms with Crippen molar-refractivity contribution in [2.45, 2.75) is 13.0 Å². The third kappa shape index (κ3) is 4.14. The molecule has 0 unspecified atom stereocenters. The van der Waals surface area contributed by atoms with Crippen LogP contribution in [0, 0.1) is 5.82 Å². The second kappa shape index (κ2) is 9.22. The Bertz CT molecular complexity index is 1580. The van der Waals surface area contributed by atoms with Crippen molar-refractivity contribution in [2.24, 2.45) is 0 Å². The predicted molar refractivity (Wildman–Crippen MR) is 142 cm³/mol. The molecule has 0 radical (unpaired) electrons. The minimum Gasteiger partial charge on any atom is -0.341 e. The molecule has 3 N–H and O–H groups in total. The number of benzene rings is 3. The quantitative estimate of drug-likeness (QED) is 0.276. The van der Waals surface area contributed by atoms with Crippen LogP contribution < -0.4 is 15.5 Å².